The van der Waals surface area contributed by atoms with Gasteiger partial charge >= 0.3 is 0 Å². The molecule has 1 fully saturated rings. The minimum atomic E-state index is -0.381. The van der Waals surface area contributed by atoms with Crippen LogP contribution >= 0.6 is 0 Å². The molecule has 38 heavy (non-hydrogen) atoms. The van der Waals surface area contributed by atoms with Gasteiger partial charge in [-0.25, -0.2) is 0 Å². The third-order valence-corrected chi connectivity index (χ3v) is 6.90. The molecule has 8 nitrogen and oxygen atoms in total. The van der Waals surface area contributed by atoms with Crippen molar-refractivity contribution in [1.29, 1.82) is 0 Å². The molecule has 0 amide bonds. The molecule has 3 aromatic carbocycles. The molecule has 1 aliphatic heterocycles. The quantitative estimate of drug-likeness (QED) is 0.238. The molecule has 0 saturated carbocycles. The van der Waals surface area contributed by atoms with Crippen molar-refractivity contribution in [3.63, 3.8) is 0 Å². The van der Waals surface area contributed by atoms with Crippen LogP contribution in [-0.4, -0.2) is 60.2 Å². The number of rotatable bonds is 7. The van der Waals surface area contributed by atoms with E-state index < -0.39 is 0 Å². The third kappa shape index (κ3) is 5.45. The lowest BCUT2D eigenvalue weighted by molar-refractivity contribution is 0.0988. The number of aliphatic imine (C=N–C) groups is 1. The number of likely N-dealkylation sites (N-methyl/N-ethyl adjacent to an activating group) is 1. The van der Waals surface area contributed by atoms with Gasteiger partial charge in [0.25, 0.3) is 5.56 Å². The van der Waals surface area contributed by atoms with Gasteiger partial charge in [-0.15, -0.1) is 0 Å². The Kier molecular flexibility index (Phi) is 7.24. The van der Waals surface area contributed by atoms with Gasteiger partial charge in [-0.1, -0.05) is 19.1 Å². The van der Waals surface area contributed by atoms with E-state index in [1.165, 1.54) is 0 Å². The van der Waals surface area contributed by atoms with Gasteiger partial charge in [-0.3, -0.25) is 19.6 Å². The molecule has 0 bridgehead atoms. The number of H-pyrrole nitrogens is 1. The van der Waals surface area contributed by atoms with Crippen molar-refractivity contribution < 1.29 is 9.90 Å². The van der Waals surface area contributed by atoms with Crippen LogP contribution in [0.4, 0.5) is 22.7 Å². The smallest absolute Gasteiger partial charge is 0.258 e. The molecule has 8 heteroatoms. The number of carbonyl (C=O) groups excluding carboxylic acids is 1. The van der Waals surface area contributed by atoms with Gasteiger partial charge in [0.15, 0.2) is 5.78 Å². The SMILES string of the molecule is CCC(=O)c1cccc(Nc2ccc3c(=O)[nH]c(O)c(C=Nc4ccc(N5CCN(C)CC5)cc4)c3c2)c1. The number of anilines is 3. The van der Waals surface area contributed by atoms with Crippen LogP contribution in [0.2, 0.25) is 0 Å². The minimum Gasteiger partial charge on any atom is -0.494 e. The summed E-state index contributed by atoms with van der Waals surface area (Å²) >= 11 is 0. The van der Waals surface area contributed by atoms with E-state index >= 15 is 0 Å². The molecule has 1 aliphatic rings. The Balaban J connectivity index is 1.42. The number of ketones is 1. The highest BCUT2D eigenvalue weighted by atomic mass is 16.3. The Labute approximate surface area is 221 Å². The Morgan fingerprint density at radius 1 is 1.00 bits per heavy atom. The maximum absolute atomic E-state index is 12.5. The predicted octanol–water partition coefficient (Wildman–Crippen LogP) is 5.07. The number of hydrogen-bond acceptors (Lipinski definition) is 7. The van der Waals surface area contributed by atoms with Gasteiger partial charge in [0.2, 0.25) is 5.88 Å². The third-order valence-electron chi connectivity index (χ3n) is 6.90. The number of nitrogens with one attached hydrogen (secondary N) is 2. The highest BCUT2D eigenvalue weighted by Gasteiger charge is 2.14. The lowest BCUT2D eigenvalue weighted by Crippen LogP contribution is -2.44. The van der Waals surface area contributed by atoms with E-state index in [2.05, 4.69) is 44.3 Å². The van der Waals surface area contributed by atoms with Gasteiger partial charge in [-0.2, -0.15) is 0 Å². The van der Waals surface area contributed by atoms with Crippen LogP contribution in [0.3, 0.4) is 0 Å². The normalized spacial score (nSPS) is 14.3. The molecule has 0 spiro atoms. The molecule has 194 valence electrons. The maximum Gasteiger partial charge on any atom is 0.258 e. The van der Waals surface area contributed by atoms with Crippen molar-refractivity contribution in [1.82, 2.24) is 9.88 Å². The number of hydrogen-bond donors (Lipinski definition) is 3. The van der Waals surface area contributed by atoms with Gasteiger partial charge in [0, 0.05) is 72.2 Å². The highest BCUT2D eigenvalue weighted by Crippen LogP contribution is 2.27. The number of nitrogens with zero attached hydrogens (tertiary/aromatic N) is 3. The molecule has 0 aliphatic carbocycles. The molecule has 3 N–H and O–H groups in total. The van der Waals surface area contributed by atoms with Crippen LogP contribution in [0, 0.1) is 0 Å². The van der Waals surface area contributed by atoms with Crippen LogP contribution < -0.4 is 15.8 Å². The predicted molar refractivity (Wildman–Crippen MR) is 154 cm³/mol. The number of fused-ring (bicyclic) bond motifs is 1. The minimum absolute atomic E-state index is 0.0682. The Bertz CT molecular complexity index is 1550. The molecule has 1 saturated heterocycles. The number of aromatic nitrogens is 1. The number of aromatic amines is 1. The summed E-state index contributed by atoms with van der Waals surface area (Å²) in [7, 11) is 2.14. The fraction of sp³-hybridized carbons (Fsp3) is 0.233. The van der Waals surface area contributed by atoms with E-state index in [1.54, 1.807) is 36.5 Å². The Morgan fingerprint density at radius 3 is 2.47 bits per heavy atom. The maximum atomic E-state index is 12.5. The molecular formula is C30H31N5O3. The molecule has 0 unspecified atom stereocenters. The Morgan fingerprint density at radius 2 is 1.74 bits per heavy atom. The van der Waals surface area contributed by atoms with Crippen LogP contribution in [0.5, 0.6) is 5.88 Å². The second-order valence-corrected chi connectivity index (χ2v) is 9.52. The first-order chi connectivity index (χ1) is 18.4. The van der Waals surface area contributed by atoms with Crippen LogP contribution in [-0.2, 0) is 0 Å². The number of benzene rings is 3. The van der Waals surface area contributed by atoms with E-state index in [4.69, 9.17) is 0 Å². The van der Waals surface area contributed by atoms with Crippen molar-refractivity contribution in [3.05, 3.63) is 88.2 Å². The zero-order valence-electron chi connectivity index (χ0n) is 21.6. The van der Waals surface area contributed by atoms with Crippen LogP contribution in [0.25, 0.3) is 10.8 Å². The molecule has 2 heterocycles. The van der Waals surface area contributed by atoms with Crippen LogP contribution in [0.1, 0.15) is 29.3 Å². The summed E-state index contributed by atoms with van der Waals surface area (Å²) < 4.78 is 0. The monoisotopic (exact) mass is 509 g/mol. The van der Waals surface area contributed by atoms with E-state index in [0.717, 1.165) is 48.9 Å². The van der Waals surface area contributed by atoms with Crippen LogP contribution in [0.15, 0.2) is 76.5 Å². The molecular weight excluding hydrogens is 478 g/mol. The van der Waals surface area contributed by atoms with Crippen molar-refractivity contribution >= 4 is 45.5 Å². The summed E-state index contributed by atoms with van der Waals surface area (Å²) in [6, 6.07) is 20.6. The number of aromatic hydroxyl groups is 1. The standard InChI is InChI=1S/C30H31N5O3/c1-3-28(36)20-5-4-6-22(17-20)32-23-9-12-25-26(18-23)27(30(38)33-29(25)37)19-31-21-7-10-24(11-8-21)35-15-13-34(2)14-16-35/h4-12,17-19,32H,3,13-16H2,1-2H3,(H2,33,37,38). The summed E-state index contributed by atoms with van der Waals surface area (Å²) in [5.41, 5.74) is 4.06. The molecule has 0 atom stereocenters. The fourth-order valence-electron chi connectivity index (χ4n) is 4.64. The number of carbonyl (C=O) groups is 1. The Hall–Kier alpha value is -4.43. The van der Waals surface area contributed by atoms with Gasteiger partial charge < -0.3 is 20.2 Å². The first-order valence-electron chi connectivity index (χ1n) is 12.8. The zero-order valence-corrected chi connectivity index (χ0v) is 21.6. The topological polar surface area (TPSA) is 101 Å². The number of pyridine rings is 1. The fourth-order valence-corrected chi connectivity index (χ4v) is 4.64. The van der Waals surface area contributed by atoms with Crippen molar-refractivity contribution in [2.45, 2.75) is 13.3 Å². The largest absolute Gasteiger partial charge is 0.494 e. The highest BCUT2D eigenvalue weighted by molar-refractivity contribution is 6.03. The van der Waals surface area contributed by atoms with Gasteiger partial charge in [-0.05, 0) is 61.6 Å². The molecule has 1 aromatic heterocycles. The number of piperazine rings is 1. The zero-order chi connectivity index (χ0) is 26.6. The van der Waals surface area contributed by atoms with Crippen molar-refractivity contribution in [2.24, 2.45) is 4.99 Å². The molecule has 5 rings (SSSR count). The number of Topliss-reactive ketones (excluding diaryl/α,β-unsaturated/α-hetero) is 1. The second-order valence-electron chi connectivity index (χ2n) is 9.52. The van der Waals surface area contributed by atoms with Crippen molar-refractivity contribution in [2.75, 3.05) is 43.4 Å². The lowest BCUT2D eigenvalue weighted by Gasteiger charge is -2.34. The molecule has 0 radical (unpaired) electrons. The average molecular weight is 510 g/mol. The summed E-state index contributed by atoms with van der Waals surface area (Å²) in [5, 5.41) is 14.9. The van der Waals surface area contributed by atoms with Gasteiger partial charge in [0.05, 0.1) is 11.3 Å². The van der Waals surface area contributed by atoms with E-state index in [-0.39, 0.29) is 17.2 Å². The first-order valence-corrected chi connectivity index (χ1v) is 12.8. The summed E-state index contributed by atoms with van der Waals surface area (Å²) in [5.74, 6) is -0.174. The van der Waals surface area contributed by atoms with E-state index in [1.807, 2.05) is 31.2 Å². The summed E-state index contributed by atoms with van der Waals surface area (Å²) in [6.45, 7) is 5.90. The first kappa shape index (κ1) is 25.2. The average Bonchev–Trinajstić information content (AvgIpc) is 2.93. The summed E-state index contributed by atoms with van der Waals surface area (Å²) in [6.07, 6.45) is 2.01. The van der Waals surface area contributed by atoms with Gasteiger partial charge in [0.1, 0.15) is 0 Å². The van der Waals surface area contributed by atoms with E-state index in [0.29, 0.717) is 28.3 Å². The van der Waals surface area contributed by atoms with Crippen molar-refractivity contribution in [3.8, 4) is 5.88 Å². The second kappa shape index (κ2) is 10.9. The summed E-state index contributed by atoms with van der Waals surface area (Å²) in [4.78, 5) is 36.4. The molecule has 4 aromatic rings. The lowest BCUT2D eigenvalue weighted by atomic mass is 10.1. The van der Waals surface area contributed by atoms with E-state index in [9.17, 15) is 14.7 Å².